The number of likely N-dealkylation sites (N-methyl/N-ethyl adjacent to an activating group) is 1. The molecule has 2 aromatic rings. The van der Waals surface area contributed by atoms with E-state index in [1.807, 2.05) is 46.0 Å². The summed E-state index contributed by atoms with van der Waals surface area (Å²) in [4.78, 5) is 21.9. The normalized spacial score (nSPS) is 19.8. The van der Waals surface area contributed by atoms with Crippen molar-refractivity contribution in [3.63, 3.8) is 0 Å². The third-order valence-corrected chi connectivity index (χ3v) is 6.41. The van der Waals surface area contributed by atoms with E-state index >= 15 is 0 Å². The van der Waals surface area contributed by atoms with E-state index in [-0.39, 0.29) is 43.3 Å². The molecule has 1 N–H and O–H groups in total. The molecule has 0 radical (unpaired) electrons. The van der Waals surface area contributed by atoms with E-state index in [0.29, 0.717) is 36.6 Å². The highest BCUT2D eigenvalue weighted by Gasteiger charge is 2.34. The Morgan fingerprint density at radius 2 is 2.00 bits per heavy atom. The topological polar surface area (TPSA) is 84.4 Å². The quantitative estimate of drug-likeness (QED) is 0.619. The van der Waals surface area contributed by atoms with Gasteiger partial charge in [0.15, 0.2) is 11.5 Å². The summed E-state index contributed by atoms with van der Waals surface area (Å²) in [5, 5.41) is 9.85. The van der Waals surface area contributed by atoms with Crippen LogP contribution in [0.1, 0.15) is 49.2 Å². The first-order valence-electron chi connectivity index (χ1n) is 12.4. The lowest BCUT2D eigenvalue weighted by atomic mass is 9.99. The first-order valence-corrected chi connectivity index (χ1v) is 12.4. The van der Waals surface area contributed by atoms with E-state index in [1.54, 1.807) is 17.2 Å². The Labute approximate surface area is 213 Å². The van der Waals surface area contributed by atoms with Crippen molar-refractivity contribution in [2.45, 2.75) is 46.4 Å². The SMILES string of the molecule is CC(C)C#Cc1cnc2c(c1)C(=O)N([C@H](C)CO)C[C@@H](C)[C@H](CN(C)Cc1ccc3c(c1)OCO3)O2. The fraction of sp³-hybridized carbons (Fsp3) is 0.500. The Balaban J connectivity index is 1.58. The molecule has 3 atom stereocenters. The number of benzene rings is 1. The van der Waals surface area contributed by atoms with Gasteiger partial charge in [-0.25, -0.2) is 4.98 Å². The van der Waals surface area contributed by atoms with Crippen molar-refractivity contribution < 1.29 is 24.1 Å². The first-order chi connectivity index (χ1) is 17.2. The largest absolute Gasteiger partial charge is 0.472 e. The number of ether oxygens (including phenoxy) is 3. The van der Waals surface area contributed by atoms with E-state index in [9.17, 15) is 9.90 Å². The van der Waals surface area contributed by atoms with E-state index < -0.39 is 0 Å². The molecular weight excluding hydrogens is 458 g/mol. The number of fused-ring (bicyclic) bond motifs is 2. The average molecular weight is 494 g/mol. The molecule has 0 spiro atoms. The molecular formula is C28H35N3O5. The molecule has 192 valence electrons. The van der Waals surface area contributed by atoms with Crippen molar-refractivity contribution in [1.29, 1.82) is 0 Å². The number of rotatable bonds is 6. The van der Waals surface area contributed by atoms with Gasteiger partial charge < -0.3 is 24.2 Å². The van der Waals surface area contributed by atoms with Gasteiger partial charge in [0.05, 0.1) is 12.6 Å². The highest BCUT2D eigenvalue weighted by atomic mass is 16.7. The molecule has 1 amide bonds. The van der Waals surface area contributed by atoms with Gasteiger partial charge in [-0.3, -0.25) is 9.69 Å². The minimum Gasteiger partial charge on any atom is -0.472 e. The third-order valence-electron chi connectivity index (χ3n) is 6.41. The second-order valence-corrected chi connectivity index (χ2v) is 10.0. The Bertz CT molecular complexity index is 1160. The molecule has 0 saturated carbocycles. The maximum atomic E-state index is 13.5. The van der Waals surface area contributed by atoms with Crippen LogP contribution in [0.5, 0.6) is 17.4 Å². The van der Waals surface area contributed by atoms with Crippen LogP contribution in [0.3, 0.4) is 0 Å². The number of aromatic nitrogens is 1. The molecule has 36 heavy (non-hydrogen) atoms. The van der Waals surface area contributed by atoms with Crippen LogP contribution in [-0.4, -0.2) is 71.5 Å². The standard InChI is InChI=1S/C28H35N3O5/c1-18(2)6-7-21-10-23-27(29-12-21)36-26(19(3)13-31(28(23)33)20(4)16-32)15-30(5)14-22-8-9-24-25(11-22)35-17-34-24/h8-12,18-20,26,32H,13-17H2,1-5H3/t19-,20-,26+/m1/s1. The van der Waals surface area contributed by atoms with E-state index in [1.165, 1.54) is 0 Å². The molecule has 1 aromatic heterocycles. The number of amides is 1. The number of hydrogen-bond acceptors (Lipinski definition) is 7. The van der Waals surface area contributed by atoms with Gasteiger partial charge in [-0.2, -0.15) is 0 Å². The van der Waals surface area contributed by atoms with Crippen LogP contribution in [0.4, 0.5) is 0 Å². The van der Waals surface area contributed by atoms with Gasteiger partial charge in [-0.05, 0) is 37.7 Å². The lowest BCUT2D eigenvalue weighted by Crippen LogP contribution is -2.49. The Kier molecular flexibility index (Phi) is 8.02. The maximum absolute atomic E-state index is 13.5. The highest BCUT2D eigenvalue weighted by molar-refractivity contribution is 5.97. The molecule has 3 heterocycles. The number of hydrogen-bond donors (Lipinski definition) is 1. The molecule has 2 aliphatic heterocycles. The minimum atomic E-state index is -0.330. The van der Waals surface area contributed by atoms with Crippen molar-refractivity contribution in [3.8, 4) is 29.2 Å². The molecule has 0 bridgehead atoms. The van der Waals surface area contributed by atoms with Crippen LogP contribution in [0, 0.1) is 23.7 Å². The molecule has 1 aromatic carbocycles. The number of carbonyl (C=O) groups is 1. The van der Waals surface area contributed by atoms with Gasteiger partial charge in [0, 0.05) is 43.2 Å². The van der Waals surface area contributed by atoms with Crippen LogP contribution in [0.25, 0.3) is 0 Å². The van der Waals surface area contributed by atoms with Gasteiger partial charge in [-0.15, -0.1) is 0 Å². The van der Waals surface area contributed by atoms with Gasteiger partial charge in [0.1, 0.15) is 11.7 Å². The smallest absolute Gasteiger partial charge is 0.259 e. The zero-order valence-electron chi connectivity index (χ0n) is 21.7. The summed E-state index contributed by atoms with van der Waals surface area (Å²) in [6.07, 6.45) is 1.44. The van der Waals surface area contributed by atoms with Crippen molar-refractivity contribution in [2.24, 2.45) is 11.8 Å². The average Bonchev–Trinajstić information content (AvgIpc) is 3.32. The molecule has 0 saturated heterocycles. The monoisotopic (exact) mass is 493 g/mol. The maximum Gasteiger partial charge on any atom is 0.259 e. The third kappa shape index (κ3) is 5.92. The molecule has 0 unspecified atom stereocenters. The lowest BCUT2D eigenvalue weighted by molar-refractivity contribution is 0.0325. The van der Waals surface area contributed by atoms with Crippen LogP contribution >= 0.6 is 0 Å². The van der Waals surface area contributed by atoms with Crippen molar-refractivity contribution >= 4 is 5.91 Å². The zero-order chi connectivity index (χ0) is 25.8. The molecule has 2 aliphatic rings. The lowest BCUT2D eigenvalue weighted by Gasteiger charge is -2.37. The predicted octanol–water partition coefficient (Wildman–Crippen LogP) is 3.17. The number of aliphatic hydroxyl groups excluding tert-OH is 1. The summed E-state index contributed by atoms with van der Waals surface area (Å²) in [6, 6.07) is 7.39. The molecule has 8 nitrogen and oxygen atoms in total. The van der Waals surface area contributed by atoms with Gasteiger partial charge in [0.25, 0.3) is 5.91 Å². The van der Waals surface area contributed by atoms with E-state index in [2.05, 4.69) is 28.6 Å². The Morgan fingerprint density at radius 1 is 1.22 bits per heavy atom. The summed E-state index contributed by atoms with van der Waals surface area (Å²) < 4.78 is 17.3. The summed E-state index contributed by atoms with van der Waals surface area (Å²) in [5.74, 6) is 8.05. The minimum absolute atomic E-state index is 0.0116. The molecule has 0 aliphatic carbocycles. The molecule has 8 heteroatoms. The molecule has 4 rings (SSSR count). The highest BCUT2D eigenvalue weighted by Crippen LogP contribution is 2.33. The van der Waals surface area contributed by atoms with Crippen LogP contribution in [0.2, 0.25) is 0 Å². The molecule has 0 fully saturated rings. The predicted molar refractivity (Wildman–Crippen MR) is 136 cm³/mol. The van der Waals surface area contributed by atoms with Crippen LogP contribution in [-0.2, 0) is 6.54 Å². The van der Waals surface area contributed by atoms with Crippen molar-refractivity contribution in [1.82, 2.24) is 14.8 Å². The van der Waals surface area contributed by atoms with Gasteiger partial charge >= 0.3 is 0 Å². The number of pyridine rings is 1. The summed E-state index contributed by atoms with van der Waals surface area (Å²) in [6.45, 7) is 9.86. The van der Waals surface area contributed by atoms with Crippen LogP contribution < -0.4 is 14.2 Å². The fourth-order valence-corrected chi connectivity index (χ4v) is 4.34. The second-order valence-electron chi connectivity index (χ2n) is 10.0. The van der Waals surface area contributed by atoms with Crippen molar-refractivity contribution in [3.05, 3.63) is 47.2 Å². The second kappa shape index (κ2) is 11.2. The summed E-state index contributed by atoms with van der Waals surface area (Å²) in [5.41, 5.74) is 2.15. The van der Waals surface area contributed by atoms with E-state index in [4.69, 9.17) is 14.2 Å². The van der Waals surface area contributed by atoms with Gasteiger partial charge in [0.2, 0.25) is 12.7 Å². The summed E-state index contributed by atoms with van der Waals surface area (Å²) in [7, 11) is 2.04. The van der Waals surface area contributed by atoms with E-state index in [0.717, 1.165) is 17.1 Å². The number of nitrogens with zero attached hydrogens (tertiary/aromatic N) is 3. The number of aliphatic hydroxyl groups is 1. The fourth-order valence-electron chi connectivity index (χ4n) is 4.34. The van der Waals surface area contributed by atoms with Gasteiger partial charge in [-0.1, -0.05) is 38.7 Å². The zero-order valence-corrected chi connectivity index (χ0v) is 21.7. The Morgan fingerprint density at radius 3 is 2.75 bits per heavy atom. The van der Waals surface area contributed by atoms with Crippen molar-refractivity contribution in [2.75, 3.05) is 33.5 Å². The Hall–Kier alpha value is -3.28. The van der Waals surface area contributed by atoms with Crippen LogP contribution in [0.15, 0.2) is 30.5 Å². The first kappa shape index (κ1) is 25.8. The number of carbonyl (C=O) groups excluding carboxylic acids is 1. The summed E-state index contributed by atoms with van der Waals surface area (Å²) >= 11 is 0.